The van der Waals surface area contributed by atoms with Crippen LogP contribution in [0.4, 0.5) is 0 Å². The second-order valence-electron chi connectivity index (χ2n) is 5.30. The fourth-order valence-corrected chi connectivity index (χ4v) is 3.57. The van der Waals surface area contributed by atoms with Gasteiger partial charge in [-0.15, -0.1) is 0 Å². The molecule has 3 aliphatic rings. The van der Waals surface area contributed by atoms with Gasteiger partial charge in [0.2, 0.25) is 0 Å². The van der Waals surface area contributed by atoms with E-state index >= 15 is 0 Å². The molecule has 0 aromatic rings. The average molecular weight is 207 g/mol. The van der Waals surface area contributed by atoms with E-state index in [0.29, 0.717) is 5.06 Å². The van der Waals surface area contributed by atoms with Gasteiger partial charge in [0.25, 0.3) is 11.8 Å². The van der Waals surface area contributed by atoms with E-state index in [1.807, 2.05) is 12.2 Å². The van der Waals surface area contributed by atoms with Crippen molar-refractivity contribution in [3.63, 3.8) is 0 Å². The summed E-state index contributed by atoms with van der Waals surface area (Å²) in [7, 11) is 0. The first-order chi connectivity index (χ1) is 6.96. The Balaban J connectivity index is 2.11. The van der Waals surface area contributed by atoms with E-state index < -0.39 is 11.8 Å². The number of carbonyl (C=O) groups excluding carboxylic acids is 2. The summed E-state index contributed by atoms with van der Waals surface area (Å²) in [6.45, 7) is 4.17. The van der Waals surface area contributed by atoms with Crippen LogP contribution in [0.5, 0.6) is 0 Å². The lowest BCUT2D eigenvalue weighted by atomic mass is 9.79. The molecule has 1 saturated heterocycles. The predicted molar refractivity (Wildman–Crippen MR) is 50.5 cm³/mol. The van der Waals surface area contributed by atoms with Gasteiger partial charge >= 0.3 is 0 Å². The molecule has 0 aromatic carbocycles. The molecule has 4 heteroatoms. The molecule has 1 heterocycles. The summed E-state index contributed by atoms with van der Waals surface area (Å²) in [5, 5.41) is 9.63. The van der Waals surface area contributed by atoms with Crippen LogP contribution in [0.1, 0.15) is 13.8 Å². The Morgan fingerprint density at radius 2 is 1.53 bits per heavy atom. The highest BCUT2D eigenvalue weighted by molar-refractivity contribution is 6.05. The SMILES string of the molecule is CC1(C)C2C=CC1C1C(=O)N(O)C(=O)C12. The van der Waals surface area contributed by atoms with Gasteiger partial charge in [-0.2, -0.15) is 5.06 Å². The van der Waals surface area contributed by atoms with E-state index in [2.05, 4.69) is 13.8 Å². The Morgan fingerprint density at radius 1 is 1.13 bits per heavy atom. The fraction of sp³-hybridized carbons (Fsp3) is 0.636. The molecule has 2 aliphatic carbocycles. The minimum atomic E-state index is -0.421. The van der Waals surface area contributed by atoms with Crippen LogP contribution in [0.2, 0.25) is 0 Å². The van der Waals surface area contributed by atoms with E-state index in [9.17, 15) is 14.8 Å². The lowest BCUT2D eigenvalue weighted by molar-refractivity contribution is -0.174. The van der Waals surface area contributed by atoms with Crippen LogP contribution in [0, 0.1) is 29.1 Å². The number of amides is 2. The predicted octanol–water partition coefficient (Wildman–Crippen LogP) is 0.819. The molecule has 80 valence electrons. The van der Waals surface area contributed by atoms with Gasteiger partial charge in [0.15, 0.2) is 0 Å². The minimum absolute atomic E-state index is 0.0259. The largest absolute Gasteiger partial charge is 0.278 e. The highest BCUT2D eigenvalue weighted by Gasteiger charge is 2.66. The first-order valence-corrected chi connectivity index (χ1v) is 5.21. The third-order valence-electron chi connectivity index (χ3n) is 4.39. The number of hydrogen-bond acceptors (Lipinski definition) is 3. The standard InChI is InChI=1S/C11H13NO3/c1-11(2)5-3-4-6(11)8-7(5)9(13)12(15)10(8)14/h3-8,15H,1-2H3. The zero-order valence-corrected chi connectivity index (χ0v) is 8.68. The van der Waals surface area contributed by atoms with Crippen molar-refractivity contribution in [2.45, 2.75) is 13.8 Å². The first kappa shape index (κ1) is 9.09. The Kier molecular flexibility index (Phi) is 1.41. The number of hydroxylamine groups is 2. The third kappa shape index (κ3) is 0.785. The van der Waals surface area contributed by atoms with E-state index in [4.69, 9.17) is 0 Å². The van der Waals surface area contributed by atoms with E-state index in [0.717, 1.165) is 0 Å². The van der Waals surface area contributed by atoms with Crippen LogP contribution in [0.15, 0.2) is 12.2 Å². The number of nitrogens with zero attached hydrogens (tertiary/aromatic N) is 1. The zero-order chi connectivity index (χ0) is 11.0. The number of allylic oxidation sites excluding steroid dienone is 2. The summed E-state index contributed by atoms with van der Waals surface area (Å²) >= 11 is 0. The molecule has 15 heavy (non-hydrogen) atoms. The van der Waals surface area contributed by atoms with Crippen LogP contribution < -0.4 is 0 Å². The van der Waals surface area contributed by atoms with Gasteiger partial charge in [0, 0.05) is 0 Å². The second-order valence-corrected chi connectivity index (χ2v) is 5.30. The summed E-state index contributed by atoms with van der Waals surface area (Å²) in [5.41, 5.74) is -0.0259. The maximum absolute atomic E-state index is 11.7. The van der Waals surface area contributed by atoms with Crippen LogP contribution in [-0.2, 0) is 9.59 Å². The molecule has 0 spiro atoms. The van der Waals surface area contributed by atoms with Crippen molar-refractivity contribution in [3.8, 4) is 0 Å². The molecule has 2 amide bonds. The summed E-state index contributed by atoms with van der Waals surface area (Å²) in [6, 6.07) is 0. The first-order valence-electron chi connectivity index (χ1n) is 5.21. The molecule has 1 aliphatic heterocycles. The summed E-state index contributed by atoms with van der Waals surface area (Å²) in [5.74, 6) is -1.30. The van der Waals surface area contributed by atoms with E-state index in [-0.39, 0.29) is 29.1 Å². The van der Waals surface area contributed by atoms with Gasteiger partial charge in [-0.3, -0.25) is 14.8 Å². The van der Waals surface area contributed by atoms with Crippen LogP contribution in [-0.4, -0.2) is 22.1 Å². The number of rotatable bonds is 0. The van der Waals surface area contributed by atoms with Gasteiger partial charge in [0.05, 0.1) is 11.8 Å². The third-order valence-corrected chi connectivity index (χ3v) is 4.39. The molecule has 2 bridgehead atoms. The van der Waals surface area contributed by atoms with Crippen molar-refractivity contribution in [1.29, 1.82) is 0 Å². The Morgan fingerprint density at radius 3 is 1.93 bits per heavy atom. The highest BCUT2D eigenvalue weighted by atomic mass is 16.5. The quantitative estimate of drug-likeness (QED) is 0.363. The molecule has 3 rings (SSSR count). The molecular formula is C11H13NO3. The van der Waals surface area contributed by atoms with Gasteiger partial charge < -0.3 is 0 Å². The number of fused-ring (bicyclic) bond motifs is 5. The van der Waals surface area contributed by atoms with Gasteiger partial charge in [-0.25, -0.2) is 0 Å². The van der Waals surface area contributed by atoms with Crippen LogP contribution in [0.3, 0.4) is 0 Å². The smallest absolute Gasteiger partial charge is 0.257 e. The number of hydrogen-bond donors (Lipinski definition) is 1. The van der Waals surface area contributed by atoms with Crippen molar-refractivity contribution in [2.24, 2.45) is 29.1 Å². The molecule has 4 atom stereocenters. The Hall–Kier alpha value is -1.16. The van der Waals surface area contributed by atoms with Crippen LogP contribution in [0.25, 0.3) is 0 Å². The van der Waals surface area contributed by atoms with Gasteiger partial charge in [-0.05, 0) is 17.3 Å². The lowest BCUT2D eigenvalue weighted by Gasteiger charge is -2.27. The minimum Gasteiger partial charge on any atom is -0.278 e. The molecule has 4 nitrogen and oxygen atoms in total. The van der Waals surface area contributed by atoms with Gasteiger partial charge in [0.1, 0.15) is 0 Å². The van der Waals surface area contributed by atoms with E-state index in [1.54, 1.807) is 0 Å². The van der Waals surface area contributed by atoms with Crippen LogP contribution >= 0.6 is 0 Å². The monoisotopic (exact) mass is 207 g/mol. The van der Waals surface area contributed by atoms with Crippen molar-refractivity contribution in [3.05, 3.63) is 12.2 Å². The topological polar surface area (TPSA) is 57.6 Å². The summed E-state index contributed by atoms with van der Waals surface area (Å²) in [6.07, 6.45) is 4.05. The second kappa shape index (κ2) is 2.32. The number of imide groups is 1. The summed E-state index contributed by atoms with van der Waals surface area (Å²) in [4.78, 5) is 23.4. The molecule has 2 fully saturated rings. The van der Waals surface area contributed by atoms with Crippen molar-refractivity contribution < 1.29 is 14.8 Å². The van der Waals surface area contributed by atoms with Crippen molar-refractivity contribution in [1.82, 2.24) is 5.06 Å². The highest BCUT2D eigenvalue weighted by Crippen LogP contribution is 2.61. The number of carbonyl (C=O) groups is 2. The maximum atomic E-state index is 11.7. The van der Waals surface area contributed by atoms with Gasteiger partial charge in [-0.1, -0.05) is 26.0 Å². The Bertz CT molecular complexity index is 365. The van der Waals surface area contributed by atoms with E-state index in [1.165, 1.54) is 0 Å². The van der Waals surface area contributed by atoms with Crippen molar-refractivity contribution >= 4 is 11.8 Å². The molecule has 1 saturated carbocycles. The fourth-order valence-electron chi connectivity index (χ4n) is 3.57. The molecule has 4 unspecified atom stereocenters. The average Bonchev–Trinajstić information content (AvgIpc) is 2.69. The summed E-state index contributed by atoms with van der Waals surface area (Å²) < 4.78 is 0. The molecule has 0 aromatic heterocycles. The zero-order valence-electron chi connectivity index (χ0n) is 8.68. The lowest BCUT2D eigenvalue weighted by Crippen LogP contribution is -2.33. The Labute approximate surface area is 87.5 Å². The molecule has 0 radical (unpaired) electrons. The molecular weight excluding hydrogens is 194 g/mol. The van der Waals surface area contributed by atoms with Crippen molar-refractivity contribution in [2.75, 3.05) is 0 Å². The molecule has 1 N–H and O–H groups in total. The normalized spacial score (nSPS) is 45.4. The maximum Gasteiger partial charge on any atom is 0.257 e.